The number of hydrogen-bond acceptors (Lipinski definition) is 5. The molecule has 0 radical (unpaired) electrons. The van der Waals surface area contributed by atoms with Gasteiger partial charge < -0.3 is 9.67 Å². The number of imidazole rings is 1. The number of aryl methyl sites for hydroxylation is 2. The van der Waals surface area contributed by atoms with Gasteiger partial charge in [-0.1, -0.05) is 153 Å². The summed E-state index contributed by atoms with van der Waals surface area (Å²) in [5.74, 6) is 0.417. The summed E-state index contributed by atoms with van der Waals surface area (Å²) in [6, 6.07) is 47.3. The first-order chi connectivity index (χ1) is 24.6. The number of carbonyl (C=O) groups is 1. The molecule has 7 rings (SSSR count). The molecule has 1 N–H and O–H groups in total. The Labute approximate surface area is 291 Å². The Balaban J connectivity index is 1.45. The van der Waals surface area contributed by atoms with E-state index in [-0.39, 0.29) is 5.69 Å². The van der Waals surface area contributed by atoms with E-state index in [0.29, 0.717) is 30.9 Å². The number of rotatable bonds is 12. The molecule has 50 heavy (non-hydrogen) atoms. The van der Waals surface area contributed by atoms with Gasteiger partial charge in [0.1, 0.15) is 11.4 Å². The lowest BCUT2D eigenvalue weighted by molar-refractivity contribution is 0.0684. The van der Waals surface area contributed by atoms with Crippen LogP contribution in [0, 0.1) is 0 Å². The highest BCUT2D eigenvalue weighted by Gasteiger charge is 2.42. The van der Waals surface area contributed by atoms with Crippen molar-refractivity contribution in [2.45, 2.75) is 45.2 Å². The predicted octanol–water partition coefficient (Wildman–Crippen LogP) is 8.31. The van der Waals surface area contributed by atoms with Crippen LogP contribution in [0.2, 0.25) is 0 Å². The average Bonchev–Trinajstić information content (AvgIpc) is 3.79. The minimum atomic E-state index is -0.965. The molecule has 8 nitrogen and oxygen atoms in total. The number of tetrazole rings is 1. The summed E-state index contributed by atoms with van der Waals surface area (Å²) >= 11 is 0. The van der Waals surface area contributed by atoms with E-state index in [4.69, 9.17) is 15.3 Å². The smallest absolute Gasteiger partial charge is 0.354 e. The monoisotopic (exact) mass is 658 g/mol. The molecule has 5 aromatic carbocycles. The van der Waals surface area contributed by atoms with Crippen molar-refractivity contribution in [2.75, 3.05) is 0 Å². The van der Waals surface area contributed by atoms with Crippen LogP contribution in [-0.2, 0) is 24.9 Å². The molecule has 0 spiro atoms. The van der Waals surface area contributed by atoms with Crippen LogP contribution in [0.5, 0.6) is 0 Å². The van der Waals surface area contributed by atoms with Crippen LogP contribution in [0.15, 0.2) is 140 Å². The Morgan fingerprint density at radius 2 is 1.20 bits per heavy atom. The molecule has 0 aliphatic heterocycles. The van der Waals surface area contributed by atoms with Crippen molar-refractivity contribution < 1.29 is 9.90 Å². The Bertz CT molecular complexity index is 2130. The molecule has 0 amide bonds. The molecule has 0 aliphatic rings. The Kier molecular flexibility index (Phi) is 9.16. The highest BCUT2D eigenvalue weighted by molar-refractivity contribution is 5.87. The molecular formula is C42H38N6O2. The first-order valence-corrected chi connectivity index (χ1v) is 17.0. The minimum Gasteiger partial charge on any atom is -0.477 e. The van der Waals surface area contributed by atoms with Gasteiger partial charge >= 0.3 is 5.97 Å². The lowest BCUT2D eigenvalue weighted by Crippen LogP contribution is -2.39. The molecule has 0 atom stereocenters. The van der Waals surface area contributed by atoms with Gasteiger partial charge in [0.25, 0.3) is 0 Å². The topological polar surface area (TPSA) is 98.7 Å². The molecule has 248 valence electrons. The molecule has 7 aromatic rings. The highest BCUT2D eigenvalue weighted by Crippen LogP contribution is 2.43. The number of carboxylic acid groups (broad SMARTS) is 1. The minimum absolute atomic E-state index is 0.251. The second kappa shape index (κ2) is 14.1. The van der Waals surface area contributed by atoms with Crippen LogP contribution in [0.4, 0.5) is 0 Å². The van der Waals surface area contributed by atoms with E-state index in [1.807, 2.05) is 95.0 Å². The summed E-state index contributed by atoms with van der Waals surface area (Å²) in [4.78, 5) is 17.3. The van der Waals surface area contributed by atoms with Crippen molar-refractivity contribution >= 4 is 5.97 Å². The second-order valence-corrected chi connectivity index (χ2v) is 12.2. The predicted molar refractivity (Wildman–Crippen MR) is 195 cm³/mol. The number of benzene rings is 5. The molecule has 0 fully saturated rings. The number of carboxylic acids is 1. The van der Waals surface area contributed by atoms with E-state index in [2.05, 4.69) is 72.8 Å². The Morgan fingerprint density at radius 1 is 0.680 bits per heavy atom. The van der Waals surface area contributed by atoms with Gasteiger partial charge in [-0.3, -0.25) is 0 Å². The van der Waals surface area contributed by atoms with Crippen molar-refractivity contribution in [3.8, 4) is 22.5 Å². The number of aromatic nitrogens is 6. The third-order valence-corrected chi connectivity index (χ3v) is 9.30. The van der Waals surface area contributed by atoms with E-state index in [0.717, 1.165) is 51.2 Å². The largest absolute Gasteiger partial charge is 0.477 e. The molecule has 0 bridgehead atoms. The van der Waals surface area contributed by atoms with Gasteiger partial charge in [-0.25, -0.2) is 14.5 Å². The van der Waals surface area contributed by atoms with Crippen molar-refractivity contribution in [1.82, 2.24) is 29.8 Å². The summed E-state index contributed by atoms with van der Waals surface area (Å²) in [6.45, 7) is 4.39. The van der Waals surface area contributed by atoms with E-state index < -0.39 is 11.5 Å². The van der Waals surface area contributed by atoms with Gasteiger partial charge in [-0.2, -0.15) is 0 Å². The Morgan fingerprint density at radius 3 is 1.74 bits per heavy atom. The SMILES string of the molecule is CCCc1nc(CC)c(C(=O)O)n1Cc1ccccc1-c1ccccc1-c1nnnn1C(c1ccccc1)(c1ccccc1)c1ccccc1. The zero-order chi connectivity index (χ0) is 34.5. The fourth-order valence-corrected chi connectivity index (χ4v) is 7.11. The molecule has 0 saturated carbocycles. The van der Waals surface area contributed by atoms with Crippen LogP contribution in [-0.4, -0.2) is 40.8 Å². The Hall–Kier alpha value is -6.15. The maximum Gasteiger partial charge on any atom is 0.354 e. The normalized spacial score (nSPS) is 11.5. The lowest BCUT2D eigenvalue weighted by Gasteiger charge is -2.36. The van der Waals surface area contributed by atoms with Gasteiger partial charge in [-0.05, 0) is 56.6 Å². The van der Waals surface area contributed by atoms with E-state index >= 15 is 0 Å². The number of nitrogens with zero attached hydrogens (tertiary/aromatic N) is 6. The summed E-state index contributed by atoms with van der Waals surface area (Å²) in [5, 5.41) is 24.1. The molecule has 2 heterocycles. The van der Waals surface area contributed by atoms with Gasteiger partial charge in [0.15, 0.2) is 11.5 Å². The second-order valence-electron chi connectivity index (χ2n) is 12.2. The zero-order valence-electron chi connectivity index (χ0n) is 28.1. The summed E-state index contributed by atoms with van der Waals surface area (Å²) in [5.41, 5.74) is 6.72. The molecule has 0 saturated heterocycles. The standard InChI is InChI=1S/C42H38N6O2/c1-3-18-38-43-37(4-2)39(41(49)50)47(38)29-30-19-14-15-26-34(30)35-27-16-17-28-36(35)40-44-45-46-48(40)42(31-20-8-5-9-21-31,32-22-10-6-11-23-32)33-24-12-7-13-25-33/h5-17,19-28H,3-4,18,29H2,1-2H3,(H,49,50). The van der Waals surface area contributed by atoms with Crippen LogP contribution >= 0.6 is 0 Å². The summed E-state index contributed by atoms with van der Waals surface area (Å²) < 4.78 is 3.82. The fourth-order valence-electron chi connectivity index (χ4n) is 7.11. The third-order valence-electron chi connectivity index (χ3n) is 9.30. The van der Waals surface area contributed by atoms with Gasteiger partial charge in [0, 0.05) is 12.0 Å². The van der Waals surface area contributed by atoms with E-state index in [1.54, 1.807) is 0 Å². The fraction of sp³-hybridized carbons (Fsp3) is 0.167. The van der Waals surface area contributed by atoms with Crippen LogP contribution < -0.4 is 0 Å². The zero-order valence-corrected chi connectivity index (χ0v) is 28.1. The number of aromatic carboxylic acids is 1. The molecule has 0 aliphatic carbocycles. The summed E-state index contributed by atoms with van der Waals surface area (Å²) in [6.07, 6.45) is 2.09. The van der Waals surface area contributed by atoms with E-state index in [1.165, 1.54) is 0 Å². The maximum absolute atomic E-state index is 12.6. The molecule has 8 heteroatoms. The van der Waals surface area contributed by atoms with Crippen LogP contribution in [0.3, 0.4) is 0 Å². The van der Waals surface area contributed by atoms with Gasteiger partial charge in [-0.15, -0.1) is 5.10 Å². The first kappa shape index (κ1) is 32.4. The summed E-state index contributed by atoms with van der Waals surface area (Å²) in [7, 11) is 0. The van der Waals surface area contributed by atoms with E-state index in [9.17, 15) is 9.90 Å². The van der Waals surface area contributed by atoms with Crippen molar-refractivity contribution in [3.63, 3.8) is 0 Å². The quantitative estimate of drug-likeness (QED) is 0.133. The van der Waals surface area contributed by atoms with Crippen molar-refractivity contribution in [1.29, 1.82) is 0 Å². The van der Waals surface area contributed by atoms with Crippen LogP contribution in [0.1, 0.15) is 64.5 Å². The van der Waals surface area contributed by atoms with Crippen molar-refractivity contribution in [2.24, 2.45) is 0 Å². The van der Waals surface area contributed by atoms with Crippen LogP contribution in [0.25, 0.3) is 22.5 Å². The maximum atomic E-state index is 12.6. The molecular weight excluding hydrogens is 621 g/mol. The molecule has 0 unspecified atom stereocenters. The average molecular weight is 659 g/mol. The van der Waals surface area contributed by atoms with Gasteiger partial charge in [0.05, 0.1) is 12.2 Å². The lowest BCUT2D eigenvalue weighted by atomic mass is 9.77. The van der Waals surface area contributed by atoms with Gasteiger partial charge in [0.2, 0.25) is 0 Å². The third kappa shape index (κ3) is 5.68. The molecule has 2 aromatic heterocycles. The highest BCUT2D eigenvalue weighted by atomic mass is 16.4. The number of hydrogen-bond donors (Lipinski definition) is 1. The first-order valence-electron chi connectivity index (χ1n) is 17.0. The van der Waals surface area contributed by atoms with Crippen molar-refractivity contribution in [3.05, 3.63) is 179 Å².